The third-order valence-corrected chi connectivity index (χ3v) is 4.63. The van der Waals surface area contributed by atoms with Gasteiger partial charge in [0.2, 0.25) is 0 Å². The van der Waals surface area contributed by atoms with Gasteiger partial charge in [-0.1, -0.05) is 18.2 Å². The number of para-hydroxylation sites is 1. The van der Waals surface area contributed by atoms with Crippen molar-refractivity contribution in [2.45, 2.75) is 19.3 Å². The minimum Gasteiger partial charge on any atom is -0.316 e. The number of aromatic nitrogens is 1. The number of hydrogen-bond acceptors (Lipinski definition) is 3. The number of halogens is 1. The fourth-order valence-corrected chi connectivity index (χ4v) is 3.31. The molecule has 2 aromatic carbocycles. The molecule has 3 rings (SSSR count). The number of hydrogen-bond donors (Lipinski definition) is 0. The monoisotopic (exact) mass is 361 g/mol. The molecule has 0 spiro atoms. The summed E-state index contributed by atoms with van der Waals surface area (Å²) in [4.78, 5) is 0. The highest BCUT2D eigenvalue weighted by molar-refractivity contribution is 7.85. The summed E-state index contributed by atoms with van der Waals surface area (Å²) >= 11 is 0. The van der Waals surface area contributed by atoms with Gasteiger partial charge in [-0.25, -0.2) is 4.39 Å². The molecule has 0 saturated heterocycles. The van der Waals surface area contributed by atoms with Gasteiger partial charge in [0.1, 0.15) is 5.82 Å². The summed E-state index contributed by atoms with van der Waals surface area (Å²) in [6, 6.07) is 14.5. The van der Waals surface area contributed by atoms with Gasteiger partial charge in [-0.15, -0.1) is 0 Å². The molecule has 4 nitrogen and oxygen atoms in total. The third kappa shape index (κ3) is 4.46. The Labute approximate surface area is 147 Å². The van der Waals surface area contributed by atoms with Gasteiger partial charge >= 0.3 is 0 Å². The second kappa shape index (κ2) is 7.37. The van der Waals surface area contributed by atoms with Gasteiger partial charge in [0.15, 0.2) is 0 Å². The van der Waals surface area contributed by atoms with Gasteiger partial charge in [-0.2, -0.15) is 8.42 Å². The first-order chi connectivity index (χ1) is 11.9. The maximum Gasteiger partial charge on any atom is 0.264 e. The Balaban J connectivity index is 1.78. The zero-order chi connectivity index (χ0) is 17.9. The highest BCUT2D eigenvalue weighted by atomic mass is 32.2. The molecule has 0 aliphatic carbocycles. The Morgan fingerprint density at radius 3 is 2.48 bits per heavy atom. The van der Waals surface area contributed by atoms with Crippen LogP contribution in [0, 0.1) is 5.82 Å². The van der Waals surface area contributed by atoms with Crippen LogP contribution in [0.25, 0.3) is 16.6 Å². The van der Waals surface area contributed by atoms with Crippen molar-refractivity contribution in [3.8, 4) is 5.69 Å². The molecule has 1 heterocycles. The van der Waals surface area contributed by atoms with Crippen molar-refractivity contribution < 1.29 is 17.0 Å². The largest absolute Gasteiger partial charge is 0.316 e. The molecule has 6 heteroatoms. The number of unbranched alkanes of at least 4 members (excludes halogenated alkanes) is 1. The van der Waals surface area contributed by atoms with E-state index in [1.165, 1.54) is 17.7 Å². The van der Waals surface area contributed by atoms with Crippen LogP contribution < -0.4 is 0 Å². The van der Waals surface area contributed by atoms with Crippen molar-refractivity contribution in [3.05, 3.63) is 66.1 Å². The van der Waals surface area contributed by atoms with E-state index in [1.807, 2.05) is 18.2 Å². The first-order valence-electron chi connectivity index (χ1n) is 8.13. The lowest BCUT2D eigenvalue weighted by Gasteiger charge is -2.04. The Hall–Kier alpha value is -2.18. The van der Waals surface area contributed by atoms with E-state index in [0.29, 0.717) is 6.42 Å². The smallest absolute Gasteiger partial charge is 0.264 e. The maximum absolute atomic E-state index is 13.2. The molecule has 0 radical (unpaired) electrons. The predicted octanol–water partition coefficient (Wildman–Crippen LogP) is 4.07. The molecule has 132 valence electrons. The summed E-state index contributed by atoms with van der Waals surface area (Å²) in [6.45, 7) is 0.204. The number of nitrogens with zero attached hydrogens (tertiary/aromatic N) is 1. The standard InChI is InChI=1S/C19H20FNO3S/c1-25(22,23)24-13-5-4-6-15-14-21(17-11-9-16(20)10-12-17)19-8-3-2-7-18(15)19/h2-3,7-12,14H,4-6,13H2,1H3. The van der Waals surface area contributed by atoms with Crippen molar-refractivity contribution in [2.75, 3.05) is 12.9 Å². The molecular formula is C19H20FNO3S. The van der Waals surface area contributed by atoms with E-state index in [-0.39, 0.29) is 12.4 Å². The molecule has 0 fully saturated rings. The van der Waals surface area contributed by atoms with Crippen LogP contribution in [0.5, 0.6) is 0 Å². The first-order valence-corrected chi connectivity index (χ1v) is 9.95. The Morgan fingerprint density at radius 1 is 1.04 bits per heavy atom. The lowest BCUT2D eigenvalue weighted by Crippen LogP contribution is -2.04. The van der Waals surface area contributed by atoms with Crippen LogP contribution in [0.15, 0.2) is 54.7 Å². The summed E-state index contributed by atoms with van der Waals surface area (Å²) in [5.41, 5.74) is 3.15. The average Bonchev–Trinajstić information content (AvgIpc) is 2.93. The van der Waals surface area contributed by atoms with Gasteiger partial charge in [0.05, 0.1) is 18.4 Å². The van der Waals surface area contributed by atoms with Gasteiger partial charge in [0.25, 0.3) is 10.1 Å². The Bertz CT molecular complexity index is 962. The lowest BCUT2D eigenvalue weighted by atomic mass is 10.1. The van der Waals surface area contributed by atoms with E-state index in [9.17, 15) is 12.8 Å². The van der Waals surface area contributed by atoms with Crippen LogP contribution in [0.1, 0.15) is 18.4 Å². The number of rotatable bonds is 7. The van der Waals surface area contributed by atoms with E-state index < -0.39 is 10.1 Å². The third-order valence-electron chi connectivity index (χ3n) is 4.04. The molecule has 25 heavy (non-hydrogen) atoms. The summed E-state index contributed by atoms with van der Waals surface area (Å²) in [5.74, 6) is -0.258. The zero-order valence-electron chi connectivity index (χ0n) is 14.0. The maximum atomic E-state index is 13.2. The number of aryl methyl sites for hydroxylation is 1. The Morgan fingerprint density at radius 2 is 1.76 bits per heavy atom. The summed E-state index contributed by atoms with van der Waals surface area (Å²) in [5, 5.41) is 1.15. The molecular weight excluding hydrogens is 341 g/mol. The van der Waals surface area contributed by atoms with Gasteiger partial charge in [0, 0.05) is 17.3 Å². The molecule has 0 unspecified atom stereocenters. The second-order valence-electron chi connectivity index (χ2n) is 6.00. The highest BCUT2D eigenvalue weighted by Gasteiger charge is 2.10. The zero-order valence-corrected chi connectivity index (χ0v) is 14.8. The summed E-state index contributed by atoms with van der Waals surface area (Å²) < 4.78 is 41.9. The number of fused-ring (bicyclic) bond motifs is 1. The van der Waals surface area contributed by atoms with Crippen LogP contribution in [0.2, 0.25) is 0 Å². The molecule has 0 bridgehead atoms. The molecule has 0 atom stereocenters. The molecule has 0 aliphatic heterocycles. The van der Waals surface area contributed by atoms with Crippen molar-refractivity contribution in [2.24, 2.45) is 0 Å². The topological polar surface area (TPSA) is 48.3 Å². The van der Waals surface area contributed by atoms with E-state index in [1.54, 1.807) is 12.1 Å². The fourth-order valence-electron chi connectivity index (χ4n) is 2.89. The fraction of sp³-hybridized carbons (Fsp3) is 0.263. The second-order valence-corrected chi connectivity index (χ2v) is 7.65. The quantitative estimate of drug-likeness (QED) is 0.471. The van der Waals surface area contributed by atoms with Crippen molar-refractivity contribution >= 4 is 21.0 Å². The normalized spacial score (nSPS) is 11.9. The predicted molar refractivity (Wildman–Crippen MR) is 97.0 cm³/mol. The van der Waals surface area contributed by atoms with Gasteiger partial charge < -0.3 is 4.57 Å². The molecule has 0 saturated carbocycles. The van der Waals surface area contributed by atoms with Crippen LogP contribution in [0.4, 0.5) is 4.39 Å². The Kier molecular flexibility index (Phi) is 5.20. The molecule has 0 amide bonds. The SMILES string of the molecule is CS(=O)(=O)OCCCCc1cn(-c2ccc(F)cc2)c2ccccc12. The molecule has 3 aromatic rings. The molecule has 0 aliphatic rings. The van der Waals surface area contributed by atoms with E-state index in [4.69, 9.17) is 4.18 Å². The minimum absolute atomic E-state index is 0.204. The van der Waals surface area contributed by atoms with Gasteiger partial charge in [-0.05, 0) is 55.2 Å². The summed E-state index contributed by atoms with van der Waals surface area (Å²) in [7, 11) is -3.37. The van der Waals surface area contributed by atoms with E-state index in [2.05, 4.69) is 16.8 Å². The molecule has 0 N–H and O–H groups in total. The first kappa shape index (κ1) is 17.6. The van der Waals surface area contributed by atoms with Gasteiger partial charge in [-0.3, -0.25) is 4.18 Å². The number of benzene rings is 2. The van der Waals surface area contributed by atoms with E-state index in [0.717, 1.165) is 35.7 Å². The minimum atomic E-state index is -3.37. The lowest BCUT2D eigenvalue weighted by molar-refractivity contribution is 0.312. The van der Waals surface area contributed by atoms with Crippen molar-refractivity contribution in [3.63, 3.8) is 0 Å². The summed E-state index contributed by atoms with van der Waals surface area (Å²) in [6.07, 6.45) is 5.44. The van der Waals surface area contributed by atoms with Crippen LogP contribution in [-0.2, 0) is 20.7 Å². The molecule has 1 aromatic heterocycles. The van der Waals surface area contributed by atoms with Crippen molar-refractivity contribution in [1.82, 2.24) is 4.57 Å². The highest BCUT2D eigenvalue weighted by Crippen LogP contribution is 2.26. The van der Waals surface area contributed by atoms with Crippen molar-refractivity contribution in [1.29, 1.82) is 0 Å². The van der Waals surface area contributed by atoms with Crippen LogP contribution in [0.3, 0.4) is 0 Å². The van der Waals surface area contributed by atoms with Crippen LogP contribution >= 0.6 is 0 Å². The average molecular weight is 361 g/mol. The van der Waals surface area contributed by atoms with E-state index >= 15 is 0 Å². The van der Waals surface area contributed by atoms with Crippen LogP contribution in [-0.4, -0.2) is 25.8 Å².